The molecule has 0 radical (unpaired) electrons. The summed E-state index contributed by atoms with van der Waals surface area (Å²) in [5.74, 6) is 0. The molecule has 1 heterocycles. The van der Waals surface area contributed by atoms with Crippen molar-refractivity contribution in [2.75, 3.05) is 36.7 Å². The van der Waals surface area contributed by atoms with Gasteiger partial charge in [0.2, 0.25) is 0 Å². The molecule has 1 aromatic carbocycles. The van der Waals surface area contributed by atoms with Crippen LogP contribution in [0.4, 0.5) is 11.4 Å². The van der Waals surface area contributed by atoms with E-state index in [1.165, 1.54) is 11.4 Å². The molecule has 0 aromatic heterocycles. The van der Waals surface area contributed by atoms with E-state index in [0.717, 1.165) is 6.67 Å². The third-order valence-corrected chi connectivity index (χ3v) is 2.39. The van der Waals surface area contributed by atoms with Gasteiger partial charge in [0.1, 0.15) is 0 Å². The lowest BCUT2D eigenvalue weighted by molar-refractivity contribution is 0.302. The molecule has 1 aliphatic rings. The molecule has 70 valence electrons. The summed E-state index contributed by atoms with van der Waals surface area (Å²) in [6.07, 6.45) is 0. The maximum Gasteiger partial charge on any atom is 0.0902 e. The van der Waals surface area contributed by atoms with Crippen molar-refractivity contribution in [2.45, 2.75) is 0 Å². The Bertz CT molecular complexity index is 301. The fourth-order valence-corrected chi connectivity index (χ4v) is 1.77. The van der Waals surface area contributed by atoms with E-state index < -0.39 is 0 Å². The quantitative estimate of drug-likeness (QED) is 0.728. The molecular weight excluding hydrogens is 164 g/mol. The minimum Gasteiger partial charge on any atom is -0.395 e. The Balaban J connectivity index is 2.30. The highest BCUT2D eigenvalue weighted by atomic mass is 16.3. The first-order valence-corrected chi connectivity index (χ1v) is 4.49. The van der Waals surface area contributed by atoms with Crippen molar-refractivity contribution in [2.24, 2.45) is 0 Å². The fraction of sp³-hybridized carbons (Fsp3) is 0.400. The number of anilines is 2. The van der Waals surface area contributed by atoms with Crippen LogP contribution in [0.2, 0.25) is 0 Å². The molecule has 1 aliphatic heterocycles. The lowest BCUT2D eigenvalue weighted by atomic mass is 10.2. The van der Waals surface area contributed by atoms with Gasteiger partial charge in [-0.15, -0.1) is 0 Å². The number of aliphatic hydroxyl groups is 1. The second-order valence-corrected chi connectivity index (χ2v) is 3.32. The van der Waals surface area contributed by atoms with Gasteiger partial charge >= 0.3 is 0 Å². The van der Waals surface area contributed by atoms with Crippen LogP contribution in [0, 0.1) is 0 Å². The molecule has 3 heteroatoms. The van der Waals surface area contributed by atoms with Crippen LogP contribution in [-0.4, -0.2) is 32.0 Å². The number of fused-ring (bicyclic) bond motifs is 1. The predicted octanol–water partition coefficient (Wildman–Crippen LogP) is 0.893. The second kappa shape index (κ2) is 3.26. The molecule has 0 saturated carbocycles. The first-order valence-electron chi connectivity index (χ1n) is 4.49. The van der Waals surface area contributed by atoms with E-state index in [9.17, 15) is 0 Å². The number of benzene rings is 1. The fourth-order valence-electron chi connectivity index (χ4n) is 1.77. The van der Waals surface area contributed by atoms with Gasteiger partial charge in [-0.25, -0.2) is 0 Å². The van der Waals surface area contributed by atoms with Gasteiger partial charge in [-0.1, -0.05) is 12.1 Å². The van der Waals surface area contributed by atoms with E-state index in [4.69, 9.17) is 5.11 Å². The number of rotatable bonds is 2. The lowest BCUT2D eigenvalue weighted by Crippen LogP contribution is -2.30. The topological polar surface area (TPSA) is 26.7 Å². The summed E-state index contributed by atoms with van der Waals surface area (Å²) in [7, 11) is 2.07. The summed E-state index contributed by atoms with van der Waals surface area (Å²) < 4.78 is 0. The lowest BCUT2D eigenvalue weighted by Gasteiger charge is -2.17. The zero-order valence-electron chi connectivity index (χ0n) is 7.77. The van der Waals surface area contributed by atoms with Crippen LogP contribution >= 0.6 is 0 Å². The Morgan fingerprint density at radius 1 is 1.31 bits per heavy atom. The van der Waals surface area contributed by atoms with Gasteiger partial charge in [0, 0.05) is 13.6 Å². The highest BCUT2D eigenvalue weighted by molar-refractivity contribution is 5.75. The van der Waals surface area contributed by atoms with E-state index in [2.05, 4.69) is 29.0 Å². The van der Waals surface area contributed by atoms with Crippen molar-refractivity contribution in [1.82, 2.24) is 0 Å². The average Bonchev–Trinajstić information content (AvgIpc) is 2.46. The maximum absolute atomic E-state index is 8.88. The minimum atomic E-state index is 0.210. The van der Waals surface area contributed by atoms with Gasteiger partial charge in [-0.05, 0) is 12.1 Å². The van der Waals surface area contributed by atoms with Crippen molar-refractivity contribution in [3.8, 4) is 0 Å². The third-order valence-electron chi connectivity index (χ3n) is 2.39. The summed E-state index contributed by atoms with van der Waals surface area (Å²) in [4.78, 5) is 4.36. The van der Waals surface area contributed by atoms with Crippen molar-refractivity contribution < 1.29 is 5.11 Å². The molecular formula is C10H14N2O. The molecule has 0 spiro atoms. The molecule has 0 fully saturated rings. The Kier molecular flexibility index (Phi) is 2.10. The predicted molar refractivity (Wildman–Crippen MR) is 54.1 cm³/mol. The Labute approximate surface area is 78.2 Å². The van der Waals surface area contributed by atoms with Crippen LogP contribution in [0.3, 0.4) is 0 Å². The van der Waals surface area contributed by atoms with E-state index in [1.54, 1.807) is 0 Å². The molecule has 0 bridgehead atoms. The molecule has 2 rings (SSSR count). The molecule has 1 N–H and O–H groups in total. The van der Waals surface area contributed by atoms with Crippen LogP contribution < -0.4 is 9.80 Å². The maximum atomic E-state index is 8.88. The Morgan fingerprint density at radius 3 is 2.69 bits per heavy atom. The normalized spacial score (nSPS) is 14.9. The van der Waals surface area contributed by atoms with Gasteiger partial charge in [0.05, 0.1) is 24.7 Å². The van der Waals surface area contributed by atoms with Crippen LogP contribution in [0.1, 0.15) is 0 Å². The van der Waals surface area contributed by atoms with Gasteiger partial charge < -0.3 is 14.9 Å². The van der Waals surface area contributed by atoms with E-state index in [-0.39, 0.29) is 6.61 Å². The SMILES string of the molecule is CN1CN(CCO)c2ccccc21. The van der Waals surface area contributed by atoms with Crippen molar-refractivity contribution >= 4 is 11.4 Å². The summed E-state index contributed by atoms with van der Waals surface area (Å²) in [6.45, 7) is 1.80. The summed E-state index contributed by atoms with van der Waals surface area (Å²) >= 11 is 0. The molecule has 13 heavy (non-hydrogen) atoms. The van der Waals surface area contributed by atoms with E-state index in [0.29, 0.717) is 6.54 Å². The molecule has 0 aliphatic carbocycles. The first kappa shape index (κ1) is 8.38. The molecule has 0 saturated heterocycles. The average molecular weight is 178 g/mol. The van der Waals surface area contributed by atoms with E-state index >= 15 is 0 Å². The minimum absolute atomic E-state index is 0.210. The largest absolute Gasteiger partial charge is 0.395 e. The van der Waals surface area contributed by atoms with Gasteiger partial charge in [-0.3, -0.25) is 0 Å². The van der Waals surface area contributed by atoms with Gasteiger partial charge in [0.15, 0.2) is 0 Å². The summed E-state index contributed by atoms with van der Waals surface area (Å²) in [5, 5.41) is 8.88. The highest BCUT2D eigenvalue weighted by Crippen LogP contribution is 2.33. The number of para-hydroxylation sites is 2. The van der Waals surface area contributed by atoms with Crippen LogP contribution in [0.5, 0.6) is 0 Å². The zero-order chi connectivity index (χ0) is 9.26. The molecule has 3 nitrogen and oxygen atoms in total. The van der Waals surface area contributed by atoms with Crippen molar-refractivity contribution in [3.63, 3.8) is 0 Å². The third kappa shape index (κ3) is 1.35. The number of nitrogens with zero attached hydrogens (tertiary/aromatic N) is 2. The number of aliphatic hydroxyl groups excluding tert-OH is 1. The highest BCUT2D eigenvalue weighted by Gasteiger charge is 2.21. The zero-order valence-corrected chi connectivity index (χ0v) is 7.77. The number of hydrogen-bond acceptors (Lipinski definition) is 3. The molecule has 0 unspecified atom stereocenters. The smallest absolute Gasteiger partial charge is 0.0902 e. The monoisotopic (exact) mass is 178 g/mol. The molecule has 0 amide bonds. The number of hydrogen-bond donors (Lipinski definition) is 1. The van der Waals surface area contributed by atoms with Crippen LogP contribution in [0.25, 0.3) is 0 Å². The Hall–Kier alpha value is -1.22. The van der Waals surface area contributed by atoms with Crippen molar-refractivity contribution in [3.05, 3.63) is 24.3 Å². The Morgan fingerprint density at radius 2 is 2.00 bits per heavy atom. The molecule has 1 aromatic rings. The van der Waals surface area contributed by atoms with Gasteiger partial charge in [-0.2, -0.15) is 0 Å². The summed E-state index contributed by atoms with van der Waals surface area (Å²) in [6, 6.07) is 8.27. The van der Waals surface area contributed by atoms with Crippen LogP contribution in [-0.2, 0) is 0 Å². The summed E-state index contributed by atoms with van der Waals surface area (Å²) in [5.41, 5.74) is 2.47. The standard InChI is InChI=1S/C10H14N2O/c1-11-8-12(6-7-13)10-5-3-2-4-9(10)11/h2-5,13H,6-8H2,1H3. The molecule has 0 atom stereocenters. The number of β-amino-alcohol motifs (C(OH)–C–C–N with tert-alkyl or cyclic N) is 1. The van der Waals surface area contributed by atoms with Gasteiger partial charge in [0.25, 0.3) is 0 Å². The first-order chi connectivity index (χ1) is 6.33. The van der Waals surface area contributed by atoms with Crippen molar-refractivity contribution in [1.29, 1.82) is 0 Å². The second-order valence-electron chi connectivity index (χ2n) is 3.32. The van der Waals surface area contributed by atoms with E-state index in [1.807, 2.05) is 12.1 Å². The van der Waals surface area contributed by atoms with Crippen LogP contribution in [0.15, 0.2) is 24.3 Å².